The lowest BCUT2D eigenvalue weighted by Crippen LogP contribution is -2.55. The molecule has 126 valence electrons. The van der Waals surface area contributed by atoms with Gasteiger partial charge in [0.15, 0.2) is 0 Å². The monoisotopic (exact) mass is 332 g/mol. The highest BCUT2D eigenvalue weighted by Crippen LogP contribution is 2.33. The SMILES string of the molecule is CCS(=O)(=O)N1CC(CNC(=O)C2OCC3COCCC32)C1. The molecule has 0 saturated carbocycles. The zero-order valence-corrected chi connectivity index (χ0v) is 13.7. The summed E-state index contributed by atoms with van der Waals surface area (Å²) in [4.78, 5) is 12.3. The normalized spacial score (nSPS) is 33.2. The Morgan fingerprint density at radius 3 is 2.82 bits per heavy atom. The van der Waals surface area contributed by atoms with Gasteiger partial charge >= 0.3 is 0 Å². The molecule has 0 aliphatic carbocycles. The van der Waals surface area contributed by atoms with Gasteiger partial charge in [-0.15, -0.1) is 0 Å². The molecule has 22 heavy (non-hydrogen) atoms. The second kappa shape index (κ2) is 6.43. The molecular weight excluding hydrogens is 308 g/mol. The van der Waals surface area contributed by atoms with Crippen LogP contribution in [0, 0.1) is 17.8 Å². The molecule has 1 N–H and O–H groups in total. The van der Waals surface area contributed by atoms with E-state index in [2.05, 4.69) is 5.32 Å². The molecule has 3 rings (SSSR count). The van der Waals surface area contributed by atoms with Crippen molar-refractivity contribution < 1.29 is 22.7 Å². The van der Waals surface area contributed by atoms with Crippen molar-refractivity contribution in [1.29, 1.82) is 0 Å². The molecule has 0 radical (unpaired) electrons. The molecule has 3 fully saturated rings. The zero-order valence-electron chi connectivity index (χ0n) is 12.9. The van der Waals surface area contributed by atoms with Crippen LogP contribution in [0.1, 0.15) is 13.3 Å². The van der Waals surface area contributed by atoms with Crippen LogP contribution in [0.15, 0.2) is 0 Å². The van der Waals surface area contributed by atoms with Crippen LogP contribution in [0.5, 0.6) is 0 Å². The summed E-state index contributed by atoms with van der Waals surface area (Å²) in [5, 5.41) is 2.92. The molecule has 3 aliphatic rings. The third-order valence-corrected chi connectivity index (χ3v) is 6.73. The van der Waals surface area contributed by atoms with E-state index in [1.165, 1.54) is 4.31 Å². The van der Waals surface area contributed by atoms with Gasteiger partial charge in [0.1, 0.15) is 6.10 Å². The van der Waals surface area contributed by atoms with Crippen LogP contribution in [-0.4, -0.2) is 69.9 Å². The van der Waals surface area contributed by atoms with Crippen molar-refractivity contribution in [2.45, 2.75) is 19.4 Å². The molecule has 3 saturated heterocycles. The standard InChI is InChI=1S/C14H24N2O5S/c1-2-22(18,19)16-6-10(7-16)5-15-14(17)13-12-3-4-20-8-11(12)9-21-13/h10-13H,2-9H2,1H3,(H,15,17). The first kappa shape index (κ1) is 16.2. The summed E-state index contributed by atoms with van der Waals surface area (Å²) in [7, 11) is -3.08. The molecule has 8 heteroatoms. The van der Waals surface area contributed by atoms with Crippen LogP contribution in [0.25, 0.3) is 0 Å². The number of sulfonamides is 1. The van der Waals surface area contributed by atoms with E-state index in [-0.39, 0.29) is 29.6 Å². The smallest absolute Gasteiger partial charge is 0.249 e. The van der Waals surface area contributed by atoms with Crippen molar-refractivity contribution in [2.75, 3.05) is 45.2 Å². The molecule has 0 spiro atoms. The van der Waals surface area contributed by atoms with Crippen molar-refractivity contribution in [2.24, 2.45) is 17.8 Å². The fourth-order valence-electron chi connectivity index (χ4n) is 3.41. The Morgan fingerprint density at radius 2 is 2.09 bits per heavy atom. The third kappa shape index (κ3) is 3.15. The van der Waals surface area contributed by atoms with Gasteiger partial charge in [-0.05, 0) is 13.3 Å². The Balaban J connectivity index is 1.42. The maximum Gasteiger partial charge on any atom is 0.249 e. The number of hydrogen-bond acceptors (Lipinski definition) is 5. The molecule has 0 aromatic heterocycles. The molecule has 0 aromatic rings. The van der Waals surface area contributed by atoms with Gasteiger partial charge in [0.2, 0.25) is 15.9 Å². The van der Waals surface area contributed by atoms with Gasteiger partial charge in [0, 0.05) is 44.0 Å². The molecule has 3 atom stereocenters. The second-order valence-electron chi connectivity index (χ2n) is 6.37. The summed E-state index contributed by atoms with van der Waals surface area (Å²) in [6, 6.07) is 0. The van der Waals surface area contributed by atoms with E-state index in [0.717, 1.165) is 6.42 Å². The minimum absolute atomic E-state index is 0.0637. The molecular formula is C14H24N2O5S. The number of amides is 1. The van der Waals surface area contributed by atoms with Crippen LogP contribution in [0.3, 0.4) is 0 Å². The van der Waals surface area contributed by atoms with Crippen LogP contribution < -0.4 is 5.32 Å². The minimum atomic E-state index is -3.08. The summed E-state index contributed by atoms with van der Waals surface area (Å²) in [5.41, 5.74) is 0. The maximum atomic E-state index is 12.3. The number of nitrogens with one attached hydrogen (secondary N) is 1. The van der Waals surface area contributed by atoms with Crippen LogP contribution >= 0.6 is 0 Å². The van der Waals surface area contributed by atoms with Gasteiger partial charge in [0.25, 0.3) is 0 Å². The number of fused-ring (bicyclic) bond motifs is 1. The molecule has 7 nitrogen and oxygen atoms in total. The first-order chi connectivity index (χ1) is 10.5. The van der Waals surface area contributed by atoms with E-state index in [4.69, 9.17) is 9.47 Å². The second-order valence-corrected chi connectivity index (χ2v) is 8.63. The van der Waals surface area contributed by atoms with Crippen molar-refractivity contribution in [3.8, 4) is 0 Å². The predicted molar refractivity (Wildman–Crippen MR) is 79.7 cm³/mol. The van der Waals surface area contributed by atoms with E-state index < -0.39 is 10.0 Å². The Kier molecular flexibility index (Phi) is 4.72. The van der Waals surface area contributed by atoms with Crippen molar-refractivity contribution >= 4 is 15.9 Å². The Bertz CT molecular complexity index is 517. The highest BCUT2D eigenvalue weighted by atomic mass is 32.2. The summed E-state index contributed by atoms with van der Waals surface area (Å²) in [6.07, 6.45) is 0.499. The van der Waals surface area contributed by atoms with E-state index in [0.29, 0.717) is 45.4 Å². The number of carbonyl (C=O) groups is 1. The van der Waals surface area contributed by atoms with Crippen molar-refractivity contribution in [3.05, 3.63) is 0 Å². The van der Waals surface area contributed by atoms with Gasteiger partial charge in [-0.1, -0.05) is 0 Å². The maximum absolute atomic E-state index is 12.3. The molecule has 3 aliphatic heterocycles. The minimum Gasteiger partial charge on any atom is -0.381 e. The number of rotatable bonds is 5. The van der Waals surface area contributed by atoms with E-state index in [9.17, 15) is 13.2 Å². The molecule has 1 amide bonds. The number of carbonyl (C=O) groups excluding carboxylic acids is 1. The third-order valence-electron chi connectivity index (χ3n) is 4.92. The lowest BCUT2D eigenvalue weighted by atomic mass is 9.86. The molecule has 0 bridgehead atoms. The van der Waals surface area contributed by atoms with Crippen molar-refractivity contribution in [1.82, 2.24) is 9.62 Å². The van der Waals surface area contributed by atoms with Crippen molar-refractivity contribution in [3.63, 3.8) is 0 Å². The lowest BCUT2D eigenvalue weighted by molar-refractivity contribution is -0.132. The van der Waals surface area contributed by atoms with Gasteiger partial charge in [-0.2, -0.15) is 0 Å². The highest BCUT2D eigenvalue weighted by molar-refractivity contribution is 7.89. The van der Waals surface area contributed by atoms with Gasteiger partial charge in [0.05, 0.1) is 19.0 Å². The number of nitrogens with zero attached hydrogens (tertiary/aromatic N) is 1. The molecule has 3 unspecified atom stereocenters. The van der Waals surface area contributed by atoms with Crippen LogP contribution in [-0.2, 0) is 24.3 Å². The topological polar surface area (TPSA) is 84.9 Å². The summed E-state index contributed by atoms with van der Waals surface area (Å²) >= 11 is 0. The number of ether oxygens (including phenoxy) is 2. The van der Waals surface area contributed by atoms with E-state index in [1.54, 1.807) is 6.92 Å². The number of hydrogen-bond donors (Lipinski definition) is 1. The first-order valence-corrected chi connectivity index (χ1v) is 9.57. The molecule has 3 heterocycles. The summed E-state index contributed by atoms with van der Waals surface area (Å²) < 4.78 is 35.8. The van der Waals surface area contributed by atoms with Gasteiger partial charge < -0.3 is 14.8 Å². The summed E-state index contributed by atoms with van der Waals surface area (Å²) in [5.74, 6) is 0.863. The highest BCUT2D eigenvalue weighted by Gasteiger charge is 2.43. The quantitative estimate of drug-likeness (QED) is 0.729. The fourth-order valence-corrected chi connectivity index (χ4v) is 4.65. The Hall–Kier alpha value is -0.700. The average molecular weight is 332 g/mol. The fraction of sp³-hybridized carbons (Fsp3) is 0.929. The van der Waals surface area contributed by atoms with E-state index in [1.807, 2.05) is 0 Å². The van der Waals surface area contributed by atoms with Crippen LogP contribution in [0.2, 0.25) is 0 Å². The van der Waals surface area contributed by atoms with Gasteiger partial charge in [-0.25, -0.2) is 12.7 Å². The zero-order chi connectivity index (χ0) is 15.7. The average Bonchev–Trinajstić information content (AvgIpc) is 2.89. The Morgan fingerprint density at radius 1 is 1.32 bits per heavy atom. The predicted octanol–water partition coefficient (Wildman–Crippen LogP) is -0.564. The summed E-state index contributed by atoms with van der Waals surface area (Å²) in [6.45, 7) is 5.13. The van der Waals surface area contributed by atoms with E-state index >= 15 is 0 Å². The first-order valence-electron chi connectivity index (χ1n) is 7.96. The van der Waals surface area contributed by atoms with Crippen LogP contribution in [0.4, 0.5) is 0 Å². The van der Waals surface area contributed by atoms with Gasteiger partial charge in [-0.3, -0.25) is 4.79 Å². The largest absolute Gasteiger partial charge is 0.381 e. The molecule has 0 aromatic carbocycles. The Labute approximate surface area is 131 Å². The lowest BCUT2D eigenvalue weighted by Gasteiger charge is -2.38.